The second kappa shape index (κ2) is 5.69. The quantitative estimate of drug-likeness (QED) is 0.769. The maximum absolute atomic E-state index is 10.9. The summed E-state index contributed by atoms with van der Waals surface area (Å²) in [6.07, 6.45) is 1.34. The Balaban J connectivity index is 2.01. The third kappa shape index (κ3) is 2.67. The molecule has 0 aliphatic heterocycles. The fraction of sp³-hybridized carbons (Fsp3) is 0. The number of aromatic carboxylic acids is 1. The van der Waals surface area contributed by atoms with Crippen molar-refractivity contribution >= 4 is 5.97 Å². The topological polar surface area (TPSA) is 70.4 Å². The normalized spacial score (nSPS) is 10.4. The SMILES string of the molecule is O=C(O)c1ccc(-c2cccc(-c3ccccc3O)c2)nc1. The van der Waals surface area contributed by atoms with Gasteiger partial charge in [-0.1, -0.05) is 36.4 Å². The molecule has 0 spiro atoms. The summed E-state index contributed by atoms with van der Waals surface area (Å²) in [6.45, 7) is 0. The van der Waals surface area contributed by atoms with Gasteiger partial charge in [-0.05, 0) is 29.8 Å². The molecule has 22 heavy (non-hydrogen) atoms. The Kier molecular flexibility index (Phi) is 3.58. The van der Waals surface area contributed by atoms with Gasteiger partial charge in [0.2, 0.25) is 0 Å². The zero-order valence-corrected chi connectivity index (χ0v) is 11.6. The van der Waals surface area contributed by atoms with Gasteiger partial charge in [0.25, 0.3) is 0 Å². The monoisotopic (exact) mass is 291 g/mol. The van der Waals surface area contributed by atoms with Crippen molar-refractivity contribution < 1.29 is 15.0 Å². The first-order valence-electron chi connectivity index (χ1n) is 6.73. The second-order valence-electron chi connectivity index (χ2n) is 4.84. The maximum atomic E-state index is 10.9. The molecule has 0 aliphatic rings. The Hall–Kier alpha value is -3.14. The third-order valence-electron chi connectivity index (χ3n) is 3.38. The molecule has 0 atom stereocenters. The van der Waals surface area contributed by atoms with Crippen LogP contribution in [0.4, 0.5) is 0 Å². The minimum absolute atomic E-state index is 0.153. The van der Waals surface area contributed by atoms with Crippen LogP contribution in [-0.4, -0.2) is 21.2 Å². The molecule has 0 bridgehead atoms. The lowest BCUT2D eigenvalue weighted by atomic mass is 10.0. The summed E-state index contributed by atoms with van der Waals surface area (Å²) in [5.74, 6) is -0.782. The van der Waals surface area contributed by atoms with Crippen LogP contribution in [0.25, 0.3) is 22.4 Å². The largest absolute Gasteiger partial charge is 0.507 e. The Bertz CT molecular complexity index is 826. The van der Waals surface area contributed by atoms with Gasteiger partial charge >= 0.3 is 5.97 Å². The highest BCUT2D eigenvalue weighted by Crippen LogP contribution is 2.31. The highest BCUT2D eigenvalue weighted by atomic mass is 16.4. The summed E-state index contributed by atoms with van der Waals surface area (Å²) in [6, 6.07) is 17.9. The third-order valence-corrected chi connectivity index (χ3v) is 3.38. The maximum Gasteiger partial charge on any atom is 0.337 e. The lowest BCUT2D eigenvalue weighted by Crippen LogP contribution is -1.97. The summed E-state index contributed by atoms with van der Waals surface area (Å²) in [7, 11) is 0. The van der Waals surface area contributed by atoms with E-state index in [0.717, 1.165) is 16.7 Å². The average Bonchev–Trinajstić information content (AvgIpc) is 2.55. The molecule has 0 unspecified atom stereocenters. The van der Waals surface area contributed by atoms with Gasteiger partial charge in [-0.3, -0.25) is 4.98 Å². The van der Waals surface area contributed by atoms with Crippen LogP contribution in [0.15, 0.2) is 66.9 Å². The first-order chi connectivity index (χ1) is 10.6. The number of benzene rings is 2. The lowest BCUT2D eigenvalue weighted by Gasteiger charge is -2.07. The van der Waals surface area contributed by atoms with E-state index in [-0.39, 0.29) is 11.3 Å². The first-order valence-corrected chi connectivity index (χ1v) is 6.73. The fourth-order valence-electron chi connectivity index (χ4n) is 2.25. The summed E-state index contributed by atoms with van der Waals surface area (Å²) >= 11 is 0. The smallest absolute Gasteiger partial charge is 0.337 e. The van der Waals surface area contributed by atoms with E-state index in [9.17, 15) is 9.90 Å². The van der Waals surface area contributed by atoms with Gasteiger partial charge in [0, 0.05) is 17.3 Å². The van der Waals surface area contributed by atoms with E-state index in [1.165, 1.54) is 12.3 Å². The number of aromatic hydroxyl groups is 1. The number of hydrogen-bond acceptors (Lipinski definition) is 3. The van der Waals surface area contributed by atoms with E-state index in [1.54, 1.807) is 18.2 Å². The number of nitrogens with zero attached hydrogens (tertiary/aromatic N) is 1. The molecular weight excluding hydrogens is 278 g/mol. The minimum Gasteiger partial charge on any atom is -0.507 e. The molecular formula is C18H13NO3. The van der Waals surface area contributed by atoms with Crippen LogP contribution in [-0.2, 0) is 0 Å². The van der Waals surface area contributed by atoms with Crippen molar-refractivity contribution in [1.29, 1.82) is 0 Å². The number of aromatic nitrogens is 1. The predicted molar refractivity (Wildman–Crippen MR) is 83.7 cm³/mol. The van der Waals surface area contributed by atoms with Crippen LogP contribution in [0, 0.1) is 0 Å². The Morgan fingerprint density at radius 3 is 2.36 bits per heavy atom. The van der Waals surface area contributed by atoms with Gasteiger partial charge in [-0.25, -0.2) is 4.79 Å². The van der Waals surface area contributed by atoms with E-state index >= 15 is 0 Å². The van der Waals surface area contributed by atoms with Crippen molar-refractivity contribution in [2.45, 2.75) is 0 Å². The number of carbonyl (C=O) groups is 1. The number of carboxylic acid groups (broad SMARTS) is 1. The molecule has 1 heterocycles. The lowest BCUT2D eigenvalue weighted by molar-refractivity contribution is 0.0696. The molecule has 108 valence electrons. The van der Waals surface area contributed by atoms with Gasteiger partial charge in [-0.2, -0.15) is 0 Å². The molecule has 3 aromatic rings. The Labute approximate surface area is 127 Å². The van der Waals surface area contributed by atoms with Crippen LogP contribution < -0.4 is 0 Å². The molecule has 2 N–H and O–H groups in total. The molecule has 1 aromatic heterocycles. The van der Waals surface area contributed by atoms with Crippen molar-refractivity contribution in [2.24, 2.45) is 0 Å². The molecule has 0 fully saturated rings. The molecule has 0 saturated carbocycles. The molecule has 0 saturated heterocycles. The van der Waals surface area contributed by atoms with E-state index in [0.29, 0.717) is 5.69 Å². The fourth-order valence-corrected chi connectivity index (χ4v) is 2.25. The number of rotatable bonds is 3. The second-order valence-corrected chi connectivity index (χ2v) is 4.84. The number of carboxylic acids is 1. The molecule has 0 radical (unpaired) electrons. The van der Waals surface area contributed by atoms with E-state index in [4.69, 9.17) is 5.11 Å². The number of pyridine rings is 1. The molecule has 4 nitrogen and oxygen atoms in total. The summed E-state index contributed by atoms with van der Waals surface area (Å²) in [4.78, 5) is 15.0. The summed E-state index contributed by atoms with van der Waals surface area (Å²) in [5, 5.41) is 18.8. The van der Waals surface area contributed by atoms with E-state index in [1.807, 2.05) is 36.4 Å². The van der Waals surface area contributed by atoms with Crippen molar-refractivity contribution in [3.63, 3.8) is 0 Å². The summed E-state index contributed by atoms with van der Waals surface area (Å²) in [5.41, 5.74) is 3.31. The predicted octanol–water partition coefficient (Wildman–Crippen LogP) is 3.82. The Morgan fingerprint density at radius 1 is 0.909 bits per heavy atom. The van der Waals surface area contributed by atoms with Crippen LogP contribution in [0.3, 0.4) is 0 Å². The van der Waals surface area contributed by atoms with Crippen molar-refractivity contribution in [1.82, 2.24) is 4.98 Å². The number of para-hydroxylation sites is 1. The Morgan fingerprint density at radius 2 is 1.68 bits per heavy atom. The van der Waals surface area contributed by atoms with Gasteiger partial charge in [0.05, 0.1) is 11.3 Å². The molecule has 4 heteroatoms. The average molecular weight is 291 g/mol. The van der Waals surface area contributed by atoms with Gasteiger partial charge in [-0.15, -0.1) is 0 Å². The zero-order chi connectivity index (χ0) is 15.5. The summed E-state index contributed by atoms with van der Waals surface area (Å²) < 4.78 is 0. The van der Waals surface area contributed by atoms with Gasteiger partial charge in [0.15, 0.2) is 0 Å². The van der Waals surface area contributed by atoms with Crippen molar-refractivity contribution in [3.8, 4) is 28.1 Å². The van der Waals surface area contributed by atoms with Gasteiger partial charge < -0.3 is 10.2 Å². The van der Waals surface area contributed by atoms with Crippen LogP contribution in [0.5, 0.6) is 5.75 Å². The van der Waals surface area contributed by atoms with E-state index in [2.05, 4.69) is 4.98 Å². The van der Waals surface area contributed by atoms with E-state index < -0.39 is 5.97 Å². The molecule has 0 amide bonds. The molecule has 3 rings (SSSR count). The zero-order valence-electron chi connectivity index (χ0n) is 11.6. The van der Waals surface area contributed by atoms with Crippen LogP contribution in [0.1, 0.15) is 10.4 Å². The van der Waals surface area contributed by atoms with Crippen LogP contribution in [0.2, 0.25) is 0 Å². The molecule has 0 aliphatic carbocycles. The van der Waals surface area contributed by atoms with Gasteiger partial charge in [0.1, 0.15) is 5.75 Å². The highest BCUT2D eigenvalue weighted by molar-refractivity contribution is 5.87. The standard InChI is InChI=1S/C18H13NO3/c20-17-7-2-1-6-15(17)12-4-3-5-13(10-12)16-9-8-14(11-19-16)18(21)22/h1-11,20H,(H,21,22). The van der Waals surface area contributed by atoms with Crippen LogP contribution >= 0.6 is 0 Å². The highest BCUT2D eigenvalue weighted by Gasteiger charge is 2.07. The minimum atomic E-state index is -0.998. The first kappa shape index (κ1) is 13.8. The van der Waals surface area contributed by atoms with Crippen molar-refractivity contribution in [3.05, 3.63) is 72.4 Å². The number of phenols is 1. The van der Waals surface area contributed by atoms with Crippen molar-refractivity contribution in [2.75, 3.05) is 0 Å². The number of hydrogen-bond donors (Lipinski definition) is 2. The number of phenolic OH excluding ortho intramolecular Hbond substituents is 1. The molecule has 2 aromatic carbocycles.